The van der Waals surface area contributed by atoms with E-state index in [9.17, 15) is 0 Å². The second-order valence-electron chi connectivity index (χ2n) is 5.65. The molecule has 0 bridgehead atoms. The zero-order chi connectivity index (χ0) is 13.6. The maximum absolute atomic E-state index is 4.35. The average Bonchev–Trinajstić information content (AvgIpc) is 2.89. The molecular formula is C17H23N3. The van der Waals surface area contributed by atoms with Crippen LogP contribution in [0.3, 0.4) is 0 Å². The zero-order valence-corrected chi connectivity index (χ0v) is 12.0. The van der Waals surface area contributed by atoms with Crippen LogP contribution in [0.1, 0.15) is 44.1 Å². The van der Waals surface area contributed by atoms with Gasteiger partial charge in [0.2, 0.25) is 0 Å². The Balaban J connectivity index is 1.68. The minimum absolute atomic E-state index is 0.683. The highest BCUT2D eigenvalue weighted by molar-refractivity contribution is 5.40. The van der Waals surface area contributed by atoms with Crippen molar-refractivity contribution in [1.82, 2.24) is 15.1 Å². The van der Waals surface area contributed by atoms with Crippen molar-refractivity contribution >= 4 is 0 Å². The van der Waals surface area contributed by atoms with E-state index in [2.05, 4.69) is 34.7 Å². The van der Waals surface area contributed by atoms with Crippen LogP contribution in [0, 0.1) is 0 Å². The van der Waals surface area contributed by atoms with Crippen molar-refractivity contribution in [1.29, 1.82) is 0 Å². The van der Waals surface area contributed by atoms with E-state index >= 15 is 0 Å². The lowest BCUT2D eigenvalue weighted by molar-refractivity contribution is 0.458. The molecule has 1 aliphatic carbocycles. The quantitative estimate of drug-likeness (QED) is 0.858. The van der Waals surface area contributed by atoms with Crippen LogP contribution in [0.4, 0.5) is 0 Å². The fourth-order valence-electron chi connectivity index (χ4n) is 3.03. The lowest BCUT2D eigenvalue weighted by atomic mass is 10.1. The highest BCUT2D eigenvalue weighted by Crippen LogP contribution is 2.19. The van der Waals surface area contributed by atoms with Crippen LogP contribution in [0.25, 0.3) is 5.69 Å². The summed E-state index contributed by atoms with van der Waals surface area (Å²) in [6.45, 7) is 0.931. The summed E-state index contributed by atoms with van der Waals surface area (Å²) in [5, 5.41) is 8.08. The molecule has 0 aliphatic heterocycles. The number of hydrogen-bond acceptors (Lipinski definition) is 2. The van der Waals surface area contributed by atoms with Crippen LogP contribution in [-0.2, 0) is 6.54 Å². The Morgan fingerprint density at radius 3 is 2.60 bits per heavy atom. The predicted molar refractivity (Wildman–Crippen MR) is 81.9 cm³/mol. The molecular weight excluding hydrogens is 246 g/mol. The van der Waals surface area contributed by atoms with Gasteiger partial charge in [-0.25, -0.2) is 4.68 Å². The van der Waals surface area contributed by atoms with Gasteiger partial charge in [0.25, 0.3) is 0 Å². The number of aromatic nitrogens is 2. The lowest BCUT2D eigenvalue weighted by Crippen LogP contribution is -2.28. The van der Waals surface area contributed by atoms with Crippen molar-refractivity contribution in [2.24, 2.45) is 0 Å². The fraction of sp³-hybridized carbons (Fsp3) is 0.471. The molecule has 1 aliphatic rings. The number of para-hydroxylation sites is 1. The van der Waals surface area contributed by atoms with Crippen molar-refractivity contribution in [2.75, 3.05) is 0 Å². The third-order valence-corrected chi connectivity index (χ3v) is 4.18. The Bertz CT molecular complexity index is 511. The monoisotopic (exact) mass is 269 g/mol. The molecule has 0 amide bonds. The summed E-state index contributed by atoms with van der Waals surface area (Å²) in [6, 6.07) is 11.2. The molecule has 0 saturated heterocycles. The Kier molecular flexibility index (Phi) is 4.49. The van der Waals surface area contributed by atoms with Crippen molar-refractivity contribution in [3.8, 4) is 5.69 Å². The molecule has 3 nitrogen and oxygen atoms in total. The average molecular weight is 269 g/mol. The molecule has 3 rings (SSSR count). The standard InChI is InChI=1S/C17H23N3/c1-2-4-10-16(9-3-1)18-14-15-8-5-6-11-17(15)20-13-7-12-19-20/h5-8,11-13,16,18H,1-4,9-10,14H2. The van der Waals surface area contributed by atoms with Gasteiger partial charge in [-0.3, -0.25) is 0 Å². The van der Waals surface area contributed by atoms with Crippen molar-refractivity contribution < 1.29 is 0 Å². The van der Waals surface area contributed by atoms with Crippen molar-refractivity contribution in [3.05, 3.63) is 48.3 Å². The van der Waals surface area contributed by atoms with E-state index in [0.717, 1.165) is 6.54 Å². The highest BCUT2D eigenvalue weighted by Gasteiger charge is 2.12. The van der Waals surface area contributed by atoms with Gasteiger partial charge in [0, 0.05) is 25.0 Å². The van der Waals surface area contributed by atoms with Crippen LogP contribution < -0.4 is 5.32 Å². The van der Waals surface area contributed by atoms with E-state index in [0.29, 0.717) is 6.04 Å². The smallest absolute Gasteiger partial charge is 0.0690 e. The first-order valence-electron chi connectivity index (χ1n) is 7.75. The first kappa shape index (κ1) is 13.4. The molecule has 0 atom stereocenters. The largest absolute Gasteiger partial charge is 0.310 e. The summed E-state index contributed by atoms with van der Waals surface area (Å²) in [5.41, 5.74) is 2.50. The minimum Gasteiger partial charge on any atom is -0.310 e. The maximum Gasteiger partial charge on any atom is 0.0690 e. The number of nitrogens with one attached hydrogen (secondary N) is 1. The zero-order valence-electron chi connectivity index (χ0n) is 12.0. The molecule has 3 heteroatoms. The molecule has 1 fully saturated rings. The van der Waals surface area contributed by atoms with Gasteiger partial charge < -0.3 is 5.32 Å². The molecule has 1 heterocycles. The summed E-state index contributed by atoms with van der Waals surface area (Å²) in [6.07, 6.45) is 12.0. The Morgan fingerprint density at radius 1 is 1.05 bits per heavy atom. The van der Waals surface area contributed by atoms with E-state index in [1.807, 2.05) is 23.1 Å². The predicted octanol–water partition coefficient (Wildman–Crippen LogP) is 3.68. The second-order valence-corrected chi connectivity index (χ2v) is 5.65. The molecule has 1 aromatic heterocycles. The minimum atomic E-state index is 0.683. The number of rotatable bonds is 4. The normalized spacial score (nSPS) is 17.0. The SMILES string of the molecule is c1ccc(-n2cccn2)c(CNC2CCCCCC2)c1. The number of benzene rings is 1. The Labute approximate surface area is 121 Å². The second kappa shape index (κ2) is 6.71. The molecule has 0 radical (unpaired) electrons. The van der Waals surface area contributed by atoms with Crippen LogP contribution in [-0.4, -0.2) is 15.8 Å². The van der Waals surface area contributed by atoms with Gasteiger partial charge in [0.05, 0.1) is 5.69 Å². The summed E-state index contributed by atoms with van der Waals surface area (Å²) in [5.74, 6) is 0. The third-order valence-electron chi connectivity index (χ3n) is 4.18. The molecule has 106 valence electrons. The van der Waals surface area contributed by atoms with Crippen LogP contribution >= 0.6 is 0 Å². The van der Waals surface area contributed by atoms with Crippen molar-refractivity contribution in [3.63, 3.8) is 0 Å². The molecule has 0 unspecified atom stereocenters. The van der Waals surface area contributed by atoms with Gasteiger partial charge in [-0.15, -0.1) is 0 Å². The molecule has 1 saturated carbocycles. The first-order valence-corrected chi connectivity index (χ1v) is 7.75. The number of hydrogen-bond donors (Lipinski definition) is 1. The van der Waals surface area contributed by atoms with Crippen LogP contribution in [0.2, 0.25) is 0 Å². The van der Waals surface area contributed by atoms with E-state index in [-0.39, 0.29) is 0 Å². The van der Waals surface area contributed by atoms with Gasteiger partial charge in [-0.1, -0.05) is 43.9 Å². The van der Waals surface area contributed by atoms with Gasteiger partial charge in [-0.05, 0) is 30.5 Å². The van der Waals surface area contributed by atoms with Crippen LogP contribution in [0.5, 0.6) is 0 Å². The van der Waals surface area contributed by atoms with E-state index < -0.39 is 0 Å². The lowest BCUT2D eigenvalue weighted by Gasteiger charge is -2.17. The molecule has 1 N–H and O–H groups in total. The highest BCUT2D eigenvalue weighted by atomic mass is 15.3. The van der Waals surface area contributed by atoms with Gasteiger partial charge >= 0.3 is 0 Å². The Morgan fingerprint density at radius 2 is 1.85 bits per heavy atom. The first-order chi connectivity index (χ1) is 9.93. The van der Waals surface area contributed by atoms with Crippen LogP contribution in [0.15, 0.2) is 42.7 Å². The summed E-state index contributed by atoms with van der Waals surface area (Å²) >= 11 is 0. The van der Waals surface area contributed by atoms with E-state index in [1.54, 1.807) is 0 Å². The summed E-state index contributed by atoms with van der Waals surface area (Å²) in [7, 11) is 0. The molecule has 0 spiro atoms. The van der Waals surface area contributed by atoms with Gasteiger partial charge in [0.15, 0.2) is 0 Å². The third kappa shape index (κ3) is 3.28. The fourth-order valence-corrected chi connectivity index (χ4v) is 3.03. The maximum atomic E-state index is 4.35. The van der Waals surface area contributed by atoms with Gasteiger partial charge in [0.1, 0.15) is 0 Å². The Hall–Kier alpha value is -1.61. The topological polar surface area (TPSA) is 29.9 Å². The van der Waals surface area contributed by atoms with Gasteiger partial charge in [-0.2, -0.15) is 5.10 Å². The van der Waals surface area contributed by atoms with Crippen molar-refractivity contribution in [2.45, 2.75) is 51.1 Å². The van der Waals surface area contributed by atoms with E-state index in [1.165, 1.54) is 49.8 Å². The molecule has 1 aromatic carbocycles. The molecule has 20 heavy (non-hydrogen) atoms. The number of nitrogens with zero attached hydrogens (tertiary/aromatic N) is 2. The summed E-state index contributed by atoms with van der Waals surface area (Å²) in [4.78, 5) is 0. The van der Waals surface area contributed by atoms with E-state index in [4.69, 9.17) is 0 Å². The summed E-state index contributed by atoms with van der Waals surface area (Å²) < 4.78 is 1.95. The molecule has 2 aromatic rings.